The molecule has 2 fully saturated rings. The first kappa shape index (κ1) is 18.3. The Balaban J connectivity index is 1.35. The zero-order valence-electron chi connectivity index (χ0n) is 15.5. The van der Waals surface area contributed by atoms with E-state index in [1.807, 2.05) is 0 Å². The molecule has 0 N–H and O–H groups in total. The Morgan fingerprint density at radius 2 is 1.17 bits per heavy atom. The molecule has 24 heavy (non-hydrogen) atoms. The number of hydrogen-bond donors (Lipinski definition) is 0. The highest BCUT2D eigenvalue weighted by Crippen LogP contribution is 2.40. The summed E-state index contributed by atoms with van der Waals surface area (Å²) in [5, 5.41) is 0.862. The summed E-state index contributed by atoms with van der Waals surface area (Å²) < 4.78 is 0. The Labute approximate surface area is 154 Å². The second kappa shape index (κ2) is 9.27. The first-order valence-electron chi connectivity index (χ1n) is 10.5. The van der Waals surface area contributed by atoms with Crippen molar-refractivity contribution in [2.45, 2.75) is 89.9 Å². The van der Waals surface area contributed by atoms with Crippen LogP contribution in [0.5, 0.6) is 0 Å². The van der Waals surface area contributed by atoms with Gasteiger partial charge in [0.15, 0.2) is 0 Å². The van der Waals surface area contributed by atoms with Crippen molar-refractivity contribution in [2.75, 3.05) is 0 Å². The molecular formula is C23H35Cl. The van der Waals surface area contributed by atoms with Crippen molar-refractivity contribution in [1.29, 1.82) is 0 Å². The van der Waals surface area contributed by atoms with E-state index in [0.29, 0.717) is 0 Å². The first-order chi connectivity index (χ1) is 11.7. The lowest BCUT2D eigenvalue weighted by atomic mass is 9.74. The van der Waals surface area contributed by atoms with Crippen molar-refractivity contribution < 1.29 is 0 Å². The summed E-state index contributed by atoms with van der Waals surface area (Å²) >= 11 is 6.02. The van der Waals surface area contributed by atoms with Gasteiger partial charge in [0.05, 0.1) is 0 Å². The van der Waals surface area contributed by atoms with Crippen LogP contribution in [0.2, 0.25) is 5.02 Å². The fraction of sp³-hybridized carbons (Fsp3) is 0.739. The van der Waals surface area contributed by atoms with Gasteiger partial charge in [0.1, 0.15) is 0 Å². The van der Waals surface area contributed by atoms with Crippen molar-refractivity contribution in [3.63, 3.8) is 0 Å². The fourth-order valence-corrected chi connectivity index (χ4v) is 5.33. The van der Waals surface area contributed by atoms with Crippen LogP contribution in [0.1, 0.15) is 95.5 Å². The van der Waals surface area contributed by atoms with Gasteiger partial charge in [-0.1, -0.05) is 82.0 Å². The molecule has 0 unspecified atom stereocenters. The number of benzene rings is 1. The molecule has 3 rings (SSSR count). The largest absolute Gasteiger partial charge is 0.0843 e. The molecule has 0 atom stereocenters. The molecule has 0 saturated heterocycles. The molecule has 0 nitrogen and oxygen atoms in total. The van der Waals surface area contributed by atoms with Crippen molar-refractivity contribution in [2.24, 2.45) is 17.8 Å². The van der Waals surface area contributed by atoms with E-state index in [0.717, 1.165) is 28.7 Å². The van der Waals surface area contributed by atoms with Crippen LogP contribution in [0, 0.1) is 17.8 Å². The third-order valence-corrected chi connectivity index (χ3v) is 7.09. The lowest BCUT2D eigenvalue weighted by Crippen LogP contribution is -2.17. The SMILES string of the molecule is CCCC1CCC(CCC2CCC(c3ccc(Cl)cc3)CC2)CC1. The smallest absolute Gasteiger partial charge is 0.0406 e. The van der Waals surface area contributed by atoms with E-state index in [1.54, 1.807) is 0 Å². The highest BCUT2D eigenvalue weighted by molar-refractivity contribution is 6.30. The molecule has 0 heterocycles. The molecule has 0 aromatic heterocycles. The summed E-state index contributed by atoms with van der Waals surface area (Å²) in [5.74, 6) is 3.89. The second-order valence-electron chi connectivity index (χ2n) is 8.52. The third-order valence-electron chi connectivity index (χ3n) is 6.83. The number of hydrogen-bond acceptors (Lipinski definition) is 0. The molecule has 0 bridgehead atoms. The van der Waals surface area contributed by atoms with Gasteiger partial charge in [-0.2, -0.15) is 0 Å². The van der Waals surface area contributed by atoms with Gasteiger partial charge in [-0.05, 0) is 67.1 Å². The normalized spacial score (nSPS) is 31.1. The van der Waals surface area contributed by atoms with Crippen molar-refractivity contribution in [3.05, 3.63) is 34.9 Å². The fourth-order valence-electron chi connectivity index (χ4n) is 5.21. The highest BCUT2D eigenvalue weighted by atomic mass is 35.5. The summed E-state index contributed by atoms with van der Waals surface area (Å²) in [5.41, 5.74) is 1.51. The Bertz CT molecular complexity index is 461. The predicted octanol–water partition coefficient (Wildman–Crippen LogP) is 8.00. The Kier molecular flexibility index (Phi) is 7.07. The van der Waals surface area contributed by atoms with Crippen LogP contribution in [0.4, 0.5) is 0 Å². The number of halogens is 1. The maximum atomic E-state index is 6.02. The minimum Gasteiger partial charge on any atom is -0.0843 e. The van der Waals surface area contributed by atoms with Crippen LogP contribution in [0.25, 0.3) is 0 Å². The summed E-state index contributed by atoms with van der Waals surface area (Å²) in [4.78, 5) is 0. The van der Waals surface area contributed by atoms with E-state index in [2.05, 4.69) is 31.2 Å². The van der Waals surface area contributed by atoms with Gasteiger partial charge in [0.25, 0.3) is 0 Å². The molecule has 1 heteroatoms. The van der Waals surface area contributed by atoms with Crippen LogP contribution < -0.4 is 0 Å². The van der Waals surface area contributed by atoms with Gasteiger partial charge in [-0.3, -0.25) is 0 Å². The average molecular weight is 347 g/mol. The van der Waals surface area contributed by atoms with Crippen molar-refractivity contribution in [3.8, 4) is 0 Å². The summed E-state index contributed by atoms with van der Waals surface area (Å²) in [6.45, 7) is 2.34. The Morgan fingerprint density at radius 3 is 1.67 bits per heavy atom. The van der Waals surface area contributed by atoms with E-state index in [9.17, 15) is 0 Å². The van der Waals surface area contributed by atoms with Gasteiger partial charge in [-0.15, -0.1) is 0 Å². The maximum Gasteiger partial charge on any atom is 0.0406 e. The summed E-state index contributed by atoms with van der Waals surface area (Å²) in [7, 11) is 0. The van der Waals surface area contributed by atoms with E-state index in [1.165, 1.54) is 82.6 Å². The molecule has 0 radical (unpaired) electrons. The minimum absolute atomic E-state index is 0.781. The van der Waals surface area contributed by atoms with Crippen LogP contribution in [0.3, 0.4) is 0 Å². The molecule has 134 valence electrons. The van der Waals surface area contributed by atoms with Crippen molar-refractivity contribution in [1.82, 2.24) is 0 Å². The predicted molar refractivity (Wildman–Crippen MR) is 106 cm³/mol. The molecule has 0 amide bonds. The van der Waals surface area contributed by atoms with Crippen LogP contribution in [-0.4, -0.2) is 0 Å². The van der Waals surface area contributed by atoms with Crippen LogP contribution in [-0.2, 0) is 0 Å². The third kappa shape index (κ3) is 5.25. The quantitative estimate of drug-likeness (QED) is 0.489. The highest BCUT2D eigenvalue weighted by Gasteiger charge is 2.25. The van der Waals surface area contributed by atoms with Gasteiger partial charge < -0.3 is 0 Å². The molecule has 2 aliphatic rings. The molecule has 1 aromatic rings. The van der Waals surface area contributed by atoms with Crippen molar-refractivity contribution >= 4 is 11.6 Å². The Hall–Kier alpha value is -0.490. The minimum atomic E-state index is 0.781. The topological polar surface area (TPSA) is 0 Å². The van der Waals surface area contributed by atoms with Gasteiger partial charge in [-0.25, -0.2) is 0 Å². The Morgan fingerprint density at radius 1 is 0.708 bits per heavy atom. The first-order valence-corrected chi connectivity index (χ1v) is 10.9. The van der Waals surface area contributed by atoms with Gasteiger partial charge in [0, 0.05) is 5.02 Å². The molecule has 2 aliphatic carbocycles. The van der Waals surface area contributed by atoms with E-state index in [-0.39, 0.29) is 0 Å². The lowest BCUT2D eigenvalue weighted by Gasteiger charge is -2.32. The monoisotopic (exact) mass is 346 g/mol. The zero-order chi connectivity index (χ0) is 16.8. The average Bonchev–Trinajstić information content (AvgIpc) is 2.63. The molecule has 2 saturated carbocycles. The second-order valence-corrected chi connectivity index (χ2v) is 8.96. The lowest BCUT2D eigenvalue weighted by molar-refractivity contribution is 0.224. The van der Waals surface area contributed by atoms with E-state index < -0.39 is 0 Å². The van der Waals surface area contributed by atoms with Gasteiger partial charge in [0.2, 0.25) is 0 Å². The maximum absolute atomic E-state index is 6.02. The zero-order valence-corrected chi connectivity index (χ0v) is 16.2. The van der Waals surface area contributed by atoms with E-state index in [4.69, 9.17) is 11.6 Å². The molecule has 1 aromatic carbocycles. The molecule has 0 aliphatic heterocycles. The van der Waals surface area contributed by atoms with Gasteiger partial charge >= 0.3 is 0 Å². The van der Waals surface area contributed by atoms with Crippen LogP contribution in [0.15, 0.2) is 24.3 Å². The molecule has 0 spiro atoms. The van der Waals surface area contributed by atoms with Crippen LogP contribution >= 0.6 is 11.6 Å². The summed E-state index contributed by atoms with van der Waals surface area (Å²) in [6, 6.07) is 8.58. The molecular weight excluding hydrogens is 312 g/mol. The standard InChI is InChI=1S/C23H35Cl/c1-2-3-18-4-6-19(7-5-18)8-9-20-10-12-21(13-11-20)22-14-16-23(24)17-15-22/h14-21H,2-13H2,1H3. The number of rotatable bonds is 6. The summed E-state index contributed by atoms with van der Waals surface area (Å²) in [6.07, 6.45) is 17.6. The van der Waals surface area contributed by atoms with E-state index >= 15 is 0 Å².